The SMILES string of the molecule is O=C1CC2(CCN(Cc3ccccc3)CC2)Oc2cc(O)ccc21. The third kappa shape index (κ3) is 2.89. The van der Waals surface area contributed by atoms with Crippen molar-refractivity contribution >= 4 is 5.78 Å². The molecule has 4 rings (SSSR count). The number of nitrogens with zero attached hydrogens (tertiary/aromatic N) is 1. The van der Waals surface area contributed by atoms with Gasteiger partial charge in [-0.1, -0.05) is 30.3 Å². The Morgan fingerprint density at radius 3 is 2.58 bits per heavy atom. The van der Waals surface area contributed by atoms with E-state index in [9.17, 15) is 9.90 Å². The Morgan fingerprint density at radius 1 is 1.08 bits per heavy atom. The summed E-state index contributed by atoms with van der Waals surface area (Å²) in [6.45, 7) is 2.76. The minimum absolute atomic E-state index is 0.118. The molecule has 2 aliphatic rings. The van der Waals surface area contributed by atoms with E-state index in [-0.39, 0.29) is 11.5 Å². The fourth-order valence-corrected chi connectivity index (χ4v) is 3.72. The van der Waals surface area contributed by atoms with E-state index in [1.54, 1.807) is 18.2 Å². The summed E-state index contributed by atoms with van der Waals surface area (Å²) >= 11 is 0. The number of aromatic hydroxyl groups is 1. The number of hydrogen-bond donors (Lipinski definition) is 1. The van der Waals surface area contributed by atoms with Crippen LogP contribution in [0.25, 0.3) is 0 Å². The monoisotopic (exact) mass is 323 g/mol. The van der Waals surface area contributed by atoms with Crippen LogP contribution in [0.3, 0.4) is 0 Å². The molecule has 2 aromatic rings. The summed E-state index contributed by atoms with van der Waals surface area (Å²) in [5.41, 5.74) is 1.49. The quantitative estimate of drug-likeness (QED) is 0.920. The molecule has 0 radical (unpaired) electrons. The number of phenolic OH excluding ortho intramolecular Hbond substituents is 1. The van der Waals surface area contributed by atoms with Gasteiger partial charge in [-0.3, -0.25) is 9.69 Å². The third-order valence-electron chi connectivity index (χ3n) is 5.09. The van der Waals surface area contributed by atoms with E-state index < -0.39 is 5.60 Å². The topological polar surface area (TPSA) is 49.8 Å². The highest BCUT2D eigenvalue weighted by Gasteiger charge is 2.42. The van der Waals surface area contributed by atoms with Gasteiger partial charge in [0.25, 0.3) is 0 Å². The Balaban J connectivity index is 1.46. The first-order valence-corrected chi connectivity index (χ1v) is 8.45. The maximum absolute atomic E-state index is 12.5. The number of piperidine rings is 1. The lowest BCUT2D eigenvalue weighted by atomic mass is 9.82. The molecule has 2 aliphatic heterocycles. The molecule has 1 fully saturated rings. The summed E-state index contributed by atoms with van der Waals surface area (Å²) in [6, 6.07) is 15.2. The number of rotatable bonds is 2. The van der Waals surface area contributed by atoms with Crippen LogP contribution in [0, 0.1) is 0 Å². The van der Waals surface area contributed by atoms with Gasteiger partial charge in [0.05, 0.1) is 12.0 Å². The Hall–Kier alpha value is -2.33. The van der Waals surface area contributed by atoms with Crippen LogP contribution in [0.15, 0.2) is 48.5 Å². The molecule has 2 aromatic carbocycles. The molecule has 24 heavy (non-hydrogen) atoms. The largest absolute Gasteiger partial charge is 0.508 e. The lowest BCUT2D eigenvalue weighted by Crippen LogP contribution is -2.50. The van der Waals surface area contributed by atoms with Crippen LogP contribution >= 0.6 is 0 Å². The maximum Gasteiger partial charge on any atom is 0.170 e. The van der Waals surface area contributed by atoms with Gasteiger partial charge in [-0.15, -0.1) is 0 Å². The summed E-state index contributed by atoms with van der Waals surface area (Å²) in [7, 11) is 0. The van der Waals surface area contributed by atoms with Crippen LogP contribution in [0.5, 0.6) is 11.5 Å². The summed E-state index contributed by atoms with van der Waals surface area (Å²) in [5, 5.41) is 9.67. The Kier molecular flexibility index (Phi) is 3.77. The molecule has 0 atom stereocenters. The first-order chi connectivity index (χ1) is 11.6. The van der Waals surface area contributed by atoms with E-state index in [0.29, 0.717) is 17.7 Å². The highest BCUT2D eigenvalue weighted by molar-refractivity contribution is 6.00. The van der Waals surface area contributed by atoms with Gasteiger partial charge >= 0.3 is 0 Å². The zero-order valence-corrected chi connectivity index (χ0v) is 13.6. The number of phenols is 1. The minimum atomic E-state index is -0.412. The number of likely N-dealkylation sites (tertiary alicyclic amines) is 1. The molecular formula is C20H21NO3. The van der Waals surface area contributed by atoms with Crippen molar-refractivity contribution in [1.82, 2.24) is 4.90 Å². The molecule has 4 heteroatoms. The number of ether oxygens (including phenoxy) is 1. The lowest BCUT2D eigenvalue weighted by molar-refractivity contribution is -0.0108. The van der Waals surface area contributed by atoms with Crippen LogP contribution in [-0.2, 0) is 6.54 Å². The summed E-state index contributed by atoms with van der Waals surface area (Å²) in [4.78, 5) is 14.9. The van der Waals surface area contributed by atoms with E-state index >= 15 is 0 Å². The normalized spacial score (nSPS) is 19.8. The number of fused-ring (bicyclic) bond motifs is 1. The Labute approximate surface area is 141 Å². The Morgan fingerprint density at radius 2 is 1.83 bits per heavy atom. The molecule has 0 aromatic heterocycles. The molecule has 0 unspecified atom stereocenters. The van der Waals surface area contributed by atoms with Crippen molar-refractivity contribution < 1.29 is 14.6 Å². The predicted octanol–water partition coefficient (Wildman–Crippen LogP) is 3.39. The zero-order valence-electron chi connectivity index (χ0n) is 13.6. The van der Waals surface area contributed by atoms with Crippen LogP contribution in [0.2, 0.25) is 0 Å². The van der Waals surface area contributed by atoms with E-state index in [4.69, 9.17) is 4.74 Å². The molecule has 0 aliphatic carbocycles. The van der Waals surface area contributed by atoms with Crippen molar-refractivity contribution in [1.29, 1.82) is 0 Å². The second kappa shape index (κ2) is 5.95. The summed E-state index contributed by atoms with van der Waals surface area (Å²) in [6.07, 6.45) is 2.10. The number of carbonyl (C=O) groups is 1. The van der Waals surface area contributed by atoms with E-state index in [2.05, 4.69) is 29.2 Å². The van der Waals surface area contributed by atoms with Gasteiger partial charge < -0.3 is 9.84 Å². The molecule has 2 heterocycles. The first kappa shape index (κ1) is 15.2. The van der Waals surface area contributed by atoms with Crippen LogP contribution in [-0.4, -0.2) is 34.5 Å². The van der Waals surface area contributed by atoms with Crippen molar-refractivity contribution in [3.05, 3.63) is 59.7 Å². The lowest BCUT2D eigenvalue weighted by Gasteiger charge is -2.44. The van der Waals surface area contributed by atoms with Crippen molar-refractivity contribution in [2.24, 2.45) is 0 Å². The third-order valence-corrected chi connectivity index (χ3v) is 5.09. The van der Waals surface area contributed by atoms with Crippen LogP contribution in [0.1, 0.15) is 35.2 Å². The van der Waals surface area contributed by atoms with E-state index in [1.807, 2.05) is 6.07 Å². The van der Waals surface area contributed by atoms with E-state index in [1.165, 1.54) is 5.56 Å². The second-order valence-corrected chi connectivity index (χ2v) is 6.83. The number of benzene rings is 2. The van der Waals surface area contributed by atoms with Gasteiger partial charge in [-0.2, -0.15) is 0 Å². The standard InChI is InChI=1S/C20H21NO3/c22-16-6-7-17-18(23)13-20(24-19(17)12-16)8-10-21(11-9-20)14-15-4-2-1-3-5-15/h1-7,12,22H,8-11,13-14H2. The van der Waals surface area contributed by atoms with Crippen molar-refractivity contribution in [3.63, 3.8) is 0 Å². The molecule has 4 nitrogen and oxygen atoms in total. The summed E-state index contributed by atoms with van der Waals surface area (Å²) in [5.74, 6) is 0.788. The average Bonchev–Trinajstić information content (AvgIpc) is 2.58. The van der Waals surface area contributed by atoms with Gasteiger partial charge in [0.1, 0.15) is 17.1 Å². The van der Waals surface area contributed by atoms with Gasteiger partial charge in [0, 0.05) is 38.5 Å². The second-order valence-electron chi connectivity index (χ2n) is 6.83. The highest BCUT2D eigenvalue weighted by atomic mass is 16.5. The average molecular weight is 323 g/mol. The summed E-state index contributed by atoms with van der Waals surface area (Å²) < 4.78 is 6.20. The van der Waals surface area contributed by atoms with Crippen molar-refractivity contribution in [2.75, 3.05) is 13.1 Å². The van der Waals surface area contributed by atoms with Crippen LogP contribution < -0.4 is 4.74 Å². The van der Waals surface area contributed by atoms with Crippen molar-refractivity contribution in [3.8, 4) is 11.5 Å². The number of ketones is 1. The molecular weight excluding hydrogens is 302 g/mol. The van der Waals surface area contributed by atoms with Gasteiger partial charge in [0.2, 0.25) is 0 Å². The number of hydrogen-bond acceptors (Lipinski definition) is 4. The first-order valence-electron chi connectivity index (χ1n) is 8.45. The van der Waals surface area contributed by atoms with Crippen LogP contribution in [0.4, 0.5) is 0 Å². The zero-order chi connectivity index (χ0) is 16.6. The van der Waals surface area contributed by atoms with Crippen molar-refractivity contribution in [2.45, 2.75) is 31.4 Å². The Bertz CT molecular complexity index is 749. The molecule has 0 amide bonds. The predicted molar refractivity (Wildman–Crippen MR) is 91.4 cm³/mol. The smallest absolute Gasteiger partial charge is 0.170 e. The minimum Gasteiger partial charge on any atom is -0.508 e. The highest BCUT2D eigenvalue weighted by Crippen LogP contribution is 2.40. The molecule has 1 N–H and O–H groups in total. The fraction of sp³-hybridized carbons (Fsp3) is 0.350. The molecule has 1 spiro atoms. The molecule has 0 saturated carbocycles. The number of carbonyl (C=O) groups excluding carboxylic acids is 1. The van der Waals surface area contributed by atoms with E-state index in [0.717, 1.165) is 32.5 Å². The molecule has 124 valence electrons. The molecule has 1 saturated heterocycles. The maximum atomic E-state index is 12.5. The van der Waals surface area contributed by atoms with Gasteiger partial charge in [0.15, 0.2) is 5.78 Å². The fourth-order valence-electron chi connectivity index (χ4n) is 3.72. The van der Waals surface area contributed by atoms with Gasteiger partial charge in [-0.05, 0) is 17.7 Å². The molecule has 0 bridgehead atoms. The number of Topliss-reactive ketones (excluding diaryl/α,β-unsaturated/α-hetero) is 1. The van der Waals surface area contributed by atoms with Gasteiger partial charge in [-0.25, -0.2) is 0 Å².